The van der Waals surface area contributed by atoms with Crippen molar-refractivity contribution in [1.29, 1.82) is 0 Å². The third kappa shape index (κ3) is 5.69. The van der Waals surface area contributed by atoms with E-state index < -0.39 is 5.97 Å². The summed E-state index contributed by atoms with van der Waals surface area (Å²) in [5.41, 5.74) is 2.09. The van der Waals surface area contributed by atoms with E-state index in [0.717, 1.165) is 17.5 Å². The molecular formula is C24H29NO6. The third-order valence-corrected chi connectivity index (χ3v) is 5.02. The fourth-order valence-corrected chi connectivity index (χ4v) is 3.41. The average molecular weight is 427 g/mol. The maximum absolute atomic E-state index is 12.6. The zero-order valence-electron chi connectivity index (χ0n) is 18.4. The number of hydrogen-bond donors (Lipinski definition) is 1. The van der Waals surface area contributed by atoms with Crippen molar-refractivity contribution in [3.8, 4) is 17.2 Å². The zero-order valence-corrected chi connectivity index (χ0v) is 18.4. The lowest BCUT2D eigenvalue weighted by Crippen LogP contribution is -2.35. The van der Waals surface area contributed by atoms with Crippen molar-refractivity contribution < 1.29 is 28.5 Å². The highest BCUT2D eigenvalue weighted by Crippen LogP contribution is 2.34. The van der Waals surface area contributed by atoms with Crippen LogP contribution in [0.1, 0.15) is 47.8 Å². The van der Waals surface area contributed by atoms with E-state index in [0.29, 0.717) is 36.0 Å². The number of carbonyl (C=O) groups is 2. The first kappa shape index (κ1) is 22.5. The summed E-state index contributed by atoms with van der Waals surface area (Å²) in [5.74, 6) is 0.909. The molecule has 0 spiro atoms. The molecule has 0 aromatic heterocycles. The average Bonchev–Trinajstić information content (AvgIpc) is 3.00. The summed E-state index contributed by atoms with van der Waals surface area (Å²) in [7, 11) is 1.48. The van der Waals surface area contributed by atoms with Gasteiger partial charge in [0.25, 0.3) is 5.91 Å². The lowest BCUT2D eigenvalue weighted by atomic mass is 9.95. The SMILES string of the molecule is COc1ccc(C)cc1C(=O)OCC(=O)N[C@H](c1ccc2c(c1)OCCCO2)C(C)C. The summed E-state index contributed by atoms with van der Waals surface area (Å²) in [4.78, 5) is 25.0. The summed E-state index contributed by atoms with van der Waals surface area (Å²) in [6, 6.07) is 10.6. The Hall–Kier alpha value is -3.22. The van der Waals surface area contributed by atoms with Crippen LogP contribution >= 0.6 is 0 Å². The molecular weight excluding hydrogens is 398 g/mol. The van der Waals surface area contributed by atoms with Crippen LogP contribution in [0.5, 0.6) is 17.2 Å². The Labute approximate surface area is 182 Å². The number of benzene rings is 2. The Morgan fingerprint density at radius 3 is 2.52 bits per heavy atom. The molecule has 1 N–H and O–H groups in total. The molecule has 0 unspecified atom stereocenters. The van der Waals surface area contributed by atoms with Crippen molar-refractivity contribution in [2.75, 3.05) is 26.9 Å². The predicted molar refractivity (Wildman–Crippen MR) is 116 cm³/mol. The number of hydrogen-bond acceptors (Lipinski definition) is 6. The predicted octanol–water partition coefficient (Wildman–Crippen LogP) is 3.84. The molecule has 0 fully saturated rings. The van der Waals surface area contributed by atoms with Gasteiger partial charge in [0.2, 0.25) is 0 Å². The maximum atomic E-state index is 12.6. The lowest BCUT2D eigenvalue weighted by molar-refractivity contribution is -0.125. The van der Waals surface area contributed by atoms with Crippen molar-refractivity contribution in [1.82, 2.24) is 5.32 Å². The Morgan fingerprint density at radius 1 is 1.06 bits per heavy atom. The number of methoxy groups -OCH3 is 1. The van der Waals surface area contributed by atoms with Crippen molar-refractivity contribution >= 4 is 11.9 Å². The van der Waals surface area contributed by atoms with Crippen molar-refractivity contribution in [3.63, 3.8) is 0 Å². The summed E-state index contributed by atoms with van der Waals surface area (Å²) >= 11 is 0. The Balaban J connectivity index is 1.66. The smallest absolute Gasteiger partial charge is 0.342 e. The summed E-state index contributed by atoms with van der Waals surface area (Å²) in [6.45, 7) is 6.71. The van der Waals surface area contributed by atoms with Gasteiger partial charge in [-0.1, -0.05) is 31.5 Å². The van der Waals surface area contributed by atoms with Gasteiger partial charge in [0.05, 0.1) is 26.4 Å². The van der Waals surface area contributed by atoms with E-state index in [4.69, 9.17) is 18.9 Å². The highest BCUT2D eigenvalue weighted by atomic mass is 16.5. The van der Waals surface area contributed by atoms with Gasteiger partial charge in [0.1, 0.15) is 11.3 Å². The lowest BCUT2D eigenvalue weighted by Gasteiger charge is -2.24. The Kier molecular flexibility index (Phi) is 7.39. The van der Waals surface area contributed by atoms with Crippen LogP contribution in [-0.2, 0) is 9.53 Å². The van der Waals surface area contributed by atoms with Crippen LogP contribution in [0.15, 0.2) is 36.4 Å². The highest BCUT2D eigenvalue weighted by molar-refractivity contribution is 5.94. The fraction of sp³-hybridized carbons (Fsp3) is 0.417. The topological polar surface area (TPSA) is 83.1 Å². The van der Waals surface area contributed by atoms with Gasteiger partial charge in [0.15, 0.2) is 18.1 Å². The number of amides is 1. The molecule has 7 heteroatoms. The third-order valence-electron chi connectivity index (χ3n) is 5.02. The van der Waals surface area contributed by atoms with E-state index in [9.17, 15) is 9.59 Å². The van der Waals surface area contributed by atoms with Crippen LogP contribution in [0.25, 0.3) is 0 Å². The van der Waals surface area contributed by atoms with Gasteiger partial charge in [0, 0.05) is 6.42 Å². The van der Waals surface area contributed by atoms with E-state index in [-0.39, 0.29) is 24.5 Å². The van der Waals surface area contributed by atoms with Gasteiger partial charge >= 0.3 is 5.97 Å². The highest BCUT2D eigenvalue weighted by Gasteiger charge is 2.22. The summed E-state index contributed by atoms with van der Waals surface area (Å²) in [5, 5.41) is 2.96. The molecule has 31 heavy (non-hydrogen) atoms. The largest absolute Gasteiger partial charge is 0.496 e. The number of rotatable bonds is 7. The van der Waals surface area contributed by atoms with E-state index in [1.165, 1.54) is 7.11 Å². The zero-order chi connectivity index (χ0) is 22.4. The molecule has 7 nitrogen and oxygen atoms in total. The first-order chi connectivity index (χ1) is 14.9. The Morgan fingerprint density at radius 2 is 1.81 bits per heavy atom. The molecule has 3 rings (SSSR count). The molecule has 0 bridgehead atoms. The molecule has 1 atom stereocenters. The number of carbonyl (C=O) groups excluding carboxylic acids is 2. The second-order valence-corrected chi connectivity index (χ2v) is 7.83. The van der Waals surface area contributed by atoms with Gasteiger partial charge in [-0.05, 0) is 42.7 Å². The minimum Gasteiger partial charge on any atom is -0.496 e. The fourth-order valence-electron chi connectivity index (χ4n) is 3.41. The van der Waals surface area contributed by atoms with Crippen molar-refractivity contribution in [2.24, 2.45) is 5.92 Å². The number of esters is 1. The molecule has 1 aliphatic rings. The molecule has 1 amide bonds. The maximum Gasteiger partial charge on any atom is 0.342 e. The Bertz CT molecular complexity index is 940. The minimum atomic E-state index is -0.604. The molecule has 166 valence electrons. The molecule has 1 aliphatic heterocycles. The molecule has 0 radical (unpaired) electrons. The van der Waals surface area contributed by atoms with Gasteiger partial charge < -0.3 is 24.3 Å². The summed E-state index contributed by atoms with van der Waals surface area (Å²) in [6.07, 6.45) is 0.825. The van der Waals surface area contributed by atoms with Crippen LogP contribution in [0.4, 0.5) is 0 Å². The normalized spacial score (nSPS) is 13.8. The van der Waals surface area contributed by atoms with E-state index >= 15 is 0 Å². The van der Waals surface area contributed by atoms with E-state index in [2.05, 4.69) is 5.32 Å². The molecule has 1 heterocycles. The first-order valence-corrected chi connectivity index (χ1v) is 10.4. The van der Waals surface area contributed by atoms with Gasteiger partial charge in [-0.15, -0.1) is 0 Å². The van der Waals surface area contributed by atoms with Crippen LogP contribution in [0.3, 0.4) is 0 Å². The molecule has 2 aromatic rings. The van der Waals surface area contributed by atoms with Crippen molar-refractivity contribution in [2.45, 2.75) is 33.2 Å². The van der Waals surface area contributed by atoms with Crippen LogP contribution in [0, 0.1) is 12.8 Å². The standard InChI is InChI=1S/C24H29NO6/c1-15(2)23(17-7-9-20-21(13-17)30-11-5-10-29-20)25-22(26)14-31-24(27)18-12-16(3)6-8-19(18)28-4/h6-9,12-13,15,23H,5,10-11,14H2,1-4H3,(H,25,26)/t23-/m0/s1. The molecule has 0 saturated carbocycles. The second kappa shape index (κ2) is 10.2. The molecule has 2 aromatic carbocycles. The number of ether oxygens (including phenoxy) is 4. The summed E-state index contributed by atoms with van der Waals surface area (Å²) < 4.78 is 21.9. The van der Waals surface area contributed by atoms with Crippen LogP contribution in [-0.4, -0.2) is 38.8 Å². The van der Waals surface area contributed by atoms with Crippen molar-refractivity contribution in [3.05, 3.63) is 53.1 Å². The number of nitrogens with one attached hydrogen (secondary N) is 1. The van der Waals surface area contributed by atoms with Gasteiger partial charge in [-0.25, -0.2) is 4.79 Å². The van der Waals surface area contributed by atoms with Gasteiger partial charge in [-0.2, -0.15) is 0 Å². The molecule has 0 saturated heterocycles. The number of fused-ring (bicyclic) bond motifs is 1. The molecule has 0 aliphatic carbocycles. The number of aryl methyl sites for hydroxylation is 1. The van der Waals surface area contributed by atoms with Crippen LogP contribution < -0.4 is 19.5 Å². The van der Waals surface area contributed by atoms with E-state index in [1.807, 2.05) is 45.0 Å². The van der Waals surface area contributed by atoms with Crippen LogP contribution in [0.2, 0.25) is 0 Å². The second-order valence-electron chi connectivity index (χ2n) is 7.83. The first-order valence-electron chi connectivity index (χ1n) is 10.4. The van der Waals surface area contributed by atoms with Gasteiger partial charge in [-0.3, -0.25) is 4.79 Å². The quantitative estimate of drug-likeness (QED) is 0.676. The monoisotopic (exact) mass is 427 g/mol. The van der Waals surface area contributed by atoms with E-state index in [1.54, 1.807) is 12.1 Å². The minimum absolute atomic E-state index is 0.112.